The molecule has 1 rings (SSSR count). The van der Waals surface area contributed by atoms with Crippen molar-refractivity contribution in [3.8, 4) is 0 Å². The molecule has 1 unspecified atom stereocenters. The van der Waals surface area contributed by atoms with Crippen molar-refractivity contribution in [2.24, 2.45) is 13.0 Å². The Balaban J connectivity index is 2.95. The number of tetrazole rings is 1. The van der Waals surface area contributed by atoms with Crippen LogP contribution in [0.5, 0.6) is 0 Å². The summed E-state index contributed by atoms with van der Waals surface area (Å²) in [6.45, 7) is 3.63. The second-order valence-electron chi connectivity index (χ2n) is 3.20. The van der Waals surface area contributed by atoms with Crippen LogP contribution >= 0.6 is 0 Å². The van der Waals surface area contributed by atoms with Crippen molar-refractivity contribution in [1.29, 1.82) is 0 Å². The van der Waals surface area contributed by atoms with Gasteiger partial charge < -0.3 is 5.11 Å². The van der Waals surface area contributed by atoms with Gasteiger partial charge in [-0.15, -0.1) is 10.2 Å². The molecule has 0 aliphatic heterocycles. The zero-order valence-electron chi connectivity index (χ0n) is 7.80. The van der Waals surface area contributed by atoms with Gasteiger partial charge in [0, 0.05) is 0 Å². The molecule has 72 valence electrons. The lowest BCUT2D eigenvalue weighted by molar-refractivity contribution is -0.140. The van der Waals surface area contributed by atoms with E-state index in [1.165, 1.54) is 4.80 Å². The summed E-state index contributed by atoms with van der Waals surface area (Å²) in [6, 6.07) is 0. The van der Waals surface area contributed by atoms with Gasteiger partial charge in [-0.2, -0.15) is 4.80 Å². The highest BCUT2D eigenvalue weighted by atomic mass is 16.4. The van der Waals surface area contributed by atoms with Crippen molar-refractivity contribution in [2.45, 2.75) is 19.8 Å². The van der Waals surface area contributed by atoms with E-state index in [1.54, 1.807) is 7.05 Å². The van der Waals surface area contributed by atoms with Crippen LogP contribution in [-0.2, 0) is 11.8 Å². The molecule has 0 saturated carbocycles. The first kappa shape index (κ1) is 9.63. The van der Waals surface area contributed by atoms with E-state index in [0.717, 1.165) is 0 Å². The third-order valence-corrected chi connectivity index (χ3v) is 1.73. The monoisotopic (exact) mass is 184 g/mol. The van der Waals surface area contributed by atoms with Gasteiger partial charge in [0.05, 0.1) is 7.05 Å². The number of hydrogen-bond donors (Lipinski definition) is 1. The molecule has 13 heavy (non-hydrogen) atoms. The van der Waals surface area contributed by atoms with Crippen LogP contribution in [-0.4, -0.2) is 31.3 Å². The summed E-state index contributed by atoms with van der Waals surface area (Å²) in [5.74, 6) is -1.36. The minimum absolute atomic E-state index is 0.0401. The van der Waals surface area contributed by atoms with Crippen molar-refractivity contribution < 1.29 is 9.90 Å². The summed E-state index contributed by atoms with van der Waals surface area (Å²) < 4.78 is 0. The smallest absolute Gasteiger partial charge is 0.314 e. The fourth-order valence-corrected chi connectivity index (χ4v) is 1.12. The Bertz CT molecular complexity index is 307. The molecule has 1 N–H and O–H groups in total. The zero-order valence-corrected chi connectivity index (χ0v) is 7.80. The fourth-order valence-electron chi connectivity index (χ4n) is 1.12. The maximum atomic E-state index is 10.8. The van der Waals surface area contributed by atoms with E-state index in [1.807, 2.05) is 13.8 Å². The minimum Gasteiger partial charge on any atom is -0.481 e. The second kappa shape index (κ2) is 3.51. The van der Waals surface area contributed by atoms with Crippen LogP contribution in [0, 0.1) is 5.92 Å². The Morgan fingerprint density at radius 1 is 1.54 bits per heavy atom. The largest absolute Gasteiger partial charge is 0.481 e. The predicted molar refractivity (Wildman–Crippen MR) is 44.0 cm³/mol. The number of carbonyl (C=O) groups is 1. The third kappa shape index (κ3) is 2.01. The molecule has 0 aliphatic rings. The van der Waals surface area contributed by atoms with Crippen molar-refractivity contribution >= 4 is 5.97 Å². The number of nitrogens with zero attached hydrogens (tertiary/aromatic N) is 4. The molecule has 1 aromatic heterocycles. The van der Waals surface area contributed by atoms with Crippen LogP contribution in [0.25, 0.3) is 0 Å². The molecule has 0 radical (unpaired) electrons. The van der Waals surface area contributed by atoms with Gasteiger partial charge in [-0.3, -0.25) is 4.79 Å². The topological polar surface area (TPSA) is 80.9 Å². The van der Waals surface area contributed by atoms with Crippen LogP contribution in [0.1, 0.15) is 25.6 Å². The molecule has 0 aliphatic carbocycles. The predicted octanol–water partition coefficient (Wildman–Crippen LogP) is 0.0343. The van der Waals surface area contributed by atoms with E-state index in [9.17, 15) is 4.79 Å². The van der Waals surface area contributed by atoms with Crippen molar-refractivity contribution in [3.63, 3.8) is 0 Å². The van der Waals surface area contributed by atoms with E-state index < -0.39 is 11.9 Å². The van der Waals surface area contributed by atoms with E-state index in [4.69, 9.17) is 5.11 Å². The average molecular weight is 184 g/mol. The third-order valence-electron chi connectivity index (χ3n) is 1.73. The fraction of sp³-hybridized carbons (Fsp3) is 0.714. The molecule has 1 aromatic rings. The van der Waals surface area contributed by atoms with Crippen LogP contribution in [0.15, 0.2) is 0 Å². The minimum atomic E-state index is -0.914. The van der Waals surface area contributed by atoms with E-state index in [2.05, 4.69) is 15.4 Å². The van der Waals surface area contributed by atoms with Crippen LogP contribution in [0.4, 0.5) is 0 Å². The van der Waals surface area contributed by atoms with Crippen LogP contribution < -0.4 is 0 Å². The molecular formula is C7H12N4O2. The molecule has 1 atom stereocenters. The Kier molecular flexibility index (Phi) is 2.60. The summed E-state index contributed by atoms with van der Waals surface area (Å²) in [5.41, 5.74) is 0. The summed E-state index contributed by atoms with van der Waals surface area (Å²) in [6.07, 6.45) is 0. The molecule has 0 saturated heterocycles. The summed E-state index contributed by atoms with van der Waals surface area (Å²) in [5, 5.41) is 20.0. The maximum Gasteiger partial charge on any atom is 0.314 e. The number of carboxylic acid groups (broad SMARTS) is 1. The van der Waals surface area contributed by atoms with Crippen LogP contribution in [0.2, 0.25) is 0 Å². The molecular weight excluding hydrogens is 172 g/mol. The molecule has 0 aromatic carbocycles. The SMILES string of the molecule is CC(C)C(C(=O)O)c1nnn(C)n1. The van der Waals surface area contributed by atoms with Crippen molar-refractivity contribution in [1.82, 2.24) is 20.2 Å². The average Bonchev–Trinajstić information content (AvgIpc) is 2.34. The number of rotatable bonds is 3. The van der Waals surface area contributed by atoms with Crippen molar-refractivity contribution in [2.75, 3.05) is 0 Å². The van der Waals surface area contributed by atoms with Gasteiger partial charge >= 0.3 is 5.97 Å². The molecule has 0 fully saturated rings. The van der Waals surface area contributed by atoms with Gasteiger partial charge in [0.1, 0.15) is 5.92 Å². The Morgan fingerprint density at radius 2 is 2.15 bits per heavy atom. The number of carboxylic acids is 1. The first-order valence-electron chi connectivity index (χ1n) is 3.99. The number of aromatic nitrogens is 4. The highest BCUT2D eigenvalue weighted by Crippen LogP contribution is 2.20. The Hall–Kier alpha value is -1.46. The highest BCUT2D eigenvalue weighted by molar-refractivity contribution is 5.75. The Labute approximate surface area is 75.6 Å². The lowest BCUT2D eigenvalue weighted by Crippen LogP contribution is -2.19. The summed E-state index contributed by atoms with van der Waals surface area (Å²) >= 11 is 0. The summed E-state index contributed by atoms with van der Waals surface area (Å²) in [4.78, 5) is 12.1. The summed E-state index contributed by atoms with van der Waals surface area (Å²) in [7, 11) is 1.61. The lowest BCUT2D eigenvalue weighted by atomic mass is 9.95. The lowest BCUT2D eigenvalue weighted by Gasteiger charge is -2.10. The van der Waals surface area contributed by atoms with Gasteiger partial charge in [-0.05, 0) is 11.1 Å². The number of hydrogen-bond acceptors (Lipinski definition) is 4. The Morgan fingerprint density at radius 3 is 2.46 bits per heavy atom. The molecule has 6 nitrogen and oxygen atoms in total. The molecule has 1 heterocycles. The molecule has 0 amide bonds. The number of aliphatic carboxylic acids is 1. The number of aryl methyl sites for hydroxylation is 1. The van der Waals surface area contributed by atoms with Gasteiger partial charge in [0.15, 0.2) is 5.82 Å². The highest BCUT2D eigenvalue weighted by Gasteiger charge is 2.27. The van der Waals surface area contributed by atoms with Gasteiger partial charge in [-0.25, -0.2) is 0 Å². The maximum absolute atomic E-state index is 10.8. The standard InChI is InChI=1S/C7H12N4O2/c1-4(2)5(7(12)13)6-8-10-11(3)9-6/h4-5H,1-3H3,(H,12,13). The molecule has 6 heteroatoms. The quantitative estimate of drug-likeness (QED) is 0.717. The van der Waals surface area contributed by atoms with E-state index >= 15 is 0 Å². The van der Waals surface area contributed by atoms with Crippen LogP contribution in [0.3, 0.4) is 0 Å². The normalized spacial score (nSPS) is 13.2. The second-order valence-corrected chi connectivity index (χ2v) is 3.20. The first-order valence-corrected chi connectivity index (χ1v) is 3.99. The molecule has 0 bridgehead atoms. The first-order chi connectivity index (χ1) is 6.02. The zero-order chi connectivity index (χ0) is 10.0. The van der Waals surface area contributed by atoms with Gasteiger partial charge in [0.25, 0.3) is 0 Å². The van der Waals surface area contributed by atoms with Gasteiger partial charge in [-0.1, -0.05) is 13.8 Å². The van der Waals surface area contributed by atoms with E-state index in [-0.39, 0.29) is 11.7 Å². The van der Waals surface area contributed by atoms with Gasteiger partial charge in [0.2, 0.25) is 0 Å². The van der Waals surface area contributed by atoms with E-state index in [0.29, 0.717) is 0 Å². The molecule has 0 spiro atoms. The van der Waals surface area contributed by atoms with Crippen molar-refractivity contribution in [3.05, 3.63) is 5.82 Å².